The molecule has 2 heterocycles. The molecule has 0 radical (unpaired) electrons. The average molecular weight is 254 g/mol. The minimum Gasteiger partial charge on any atom is -0.476 e. The number of anilines is 2. The van der Waals surface area contributed by atoms with Gasteiger partial charge in [-0.15, -0.1) is 0 Å². The van der Waals surface area contributed by atoms with Crippen LogP contribution in [-0.4, -0.2) is 52.1 Å². The van der Waals surface area contributed by atoms with Gasteiger partial charge in [0.25, 0.3) is 0 Å². The van der Waals surface area contributed by atoms with Crippen LogP contribution in [0.25, 0.3) is 0 Å². The Kier molecular flexibility index (Phi) is 3.83. The summed E-state index contributed by atoms with van der Waals surface area (Å²) in [6.45, 7) is 3.13. The van der Waals surface area contributed by atoms with Gasteiger partial charge in [0.1, 0.15) is 12.0 Å². The van der Waals surface area contributed by atoms with Crippen LogP contribution >= 0.6 is 0 Å². The Labute approximate surface area is 105 Å². The van der Waals surface area contributed by atoms with Gasteiger partial charge in [0.15, 0.2) is 5.82 Å². The predicted molar refractivity (Wildman–Crippen MR) is 66.5 cm³/mol. The number of aliphatic hydroxyl groups is 2. The number of aromatic nitrogens is 2. The van der Waals surface area contributed by atoms with Crippen molar-refractivity contribution in [3.8, 4) is 5.88 Å². The number of rotatable bonds is 4. The number of hydrogen-bond donors (Lipinski definition) is 3. The van der Waals surface area contributed by atoms with Gasteiger partial charge in [-0.2, -0.15) is 4.98 Å². The number of hydrogen-bond acceptors (Lipinski definition) is 7. The van der Waals surface area contributed by atoms with E-state index in [1.807, 2.05) is 6.92 Å². The summed E-state index contributed by atoms with van der Waals surface area (Å²) in [5, 5.41) is 19.0. The van der Waals surface area contributed by atoms with Crippen LogP contribution in [0, 0.1) is 0 Å². The van der Waals surface area contributed by atoms with Crippen molar-refractivity contribution in [2.24, 2.45) is 0 Å². The van der Waals surface area contributed by atoms with E-state index < -0.39 is 12.2 Å². The molecule has 1 aliphatic rings. The number of nitrogens with two attached hydrogens (primary N) is 1. The minimum atomic E-state index is -0.778. The molecule has 0 aromatic carbocycles. The van der Waals surface area contributed by atoms with E-state index in [0.717, 1.165) is 6.42 Å². The lowest BCUT2D eigenvalue weighted by atomic mass is 10.3. The number of nitrogen functional groups attached to an aromatic ring is 1. The van der Waals surface area contributed by atoms with Gasteiger partial charge < -0.3 is 25.6 Å². The fourth-order valence-corrected chi connectivity index (χ4v) is 1.88. The summed E-state index contributed by atoms with van der Waals surface area (Å²) in [5.41, 5.74) is 6.28. The lowest BCUT2D eigenvalue weighted by molar-refractivity contribution is 0.0572. The van der Waals surface area contributed by atoms with Gasteiger partial charge in [0.05, 0.1) is 18.8 Å². The van der Waals surface area contributed by atoms with Crippen LogP contribution in [0.2, 0.25) is 0 Å². The van der Waals surface area contributed by atoms with E-state index in [-0.39, 0.29) is 0 Å². The van der Waals surface area contributed by atoms with Crippen molar-refractivity contribution in [3.63, 3.8) is 0 Å². The van der Waals surface area contributed by atoms with Crippen molar-refractivity contribution in [2.45, 2.75) is 25.6 Å². The van der Waals surface area contributed by atoms with Crippen molar-refractivity contribution < 1.29 is 14.9 Å². The van der Waals surface area contributed by atoms with Crippen molar-refractivity contribution in [1.29, 1.82) is 0 Å². The fourth-order valence-electron chi connectivity index (χ4n) is 1.88. The molecule has 100 valence electrons. The highest BCUT2D eigenvalue weighted by atomic mass is 16.5. The Morgan fingerprint density at radius 2 is 2.06 bits per heavy atom. The zero-order valence-corrected chi connectivity index (χ0v) is 10.3. The first-order valence-corrected chi connectivity index (χ1v) is 5.97. The first-order valence-electron chi connectivity index (χ1n) is 5.97. The van der Waals surface area contributed by atoms with E-state index in [9.17, 15) is 10.2 Å². The second-order valence-corrected chi connectivity index (χ2v) is 4.30. The van der Waals surface area contributed by atoms with E-state index >= 15 is 0 Å². The highest BCUT2D eigenvalue weighted by Gasteiger charge is 2.31. The molecule has 0 saturated carbocycles. The van der Waals surface area contributed by atoms with E-state index in [4.69, 9.17) is 10.5 Å². The Bertz CT molecular complexity index is 405. The summed E-state index contributed by atoms with van der Waals surface area (Å²) in [7, 11) is 0. The molecule has 18 heavy (non-hydrogen) atoms. The van der Waals surface area contributed by atoms with Gasteiger partial charge in [0, 0.05) is 13.1 Å². The van der Waals surface area contributed by atoms with E-state index in [1.54, 1.807) is 4.90 Å². The Morgan fingerprint density at radius 1 is 1.39 bits per heavy atom. The monoisotopic (exact) mass is 254 g/mol. The molecule has 2 rings (SSSR count). The lowest BCUT2D eigenvalue weighted by Crippen LogP contribution is -2.24. The normalized spacial score (nSPS) is 23.4. The van der Waals surface area contributed by atoms with Crippen LogP contribution in [0.4, 0.5) is 11.5 Å². The molecule has 0 spiro atoms. The molecule has 1 aromatic rings. The predicted octanol–water partition coefficient (Wildman–Crippen LogP) is -0.611. The fraction of sp³-hybridized carbons (Fsp3) is 0.636. The van der Waals surface area contributed by atoms with Crippen LogP contribution in [0.5, 0.6) is 5.88 Å². The lowest BCUT2D eigenvalue weighted by Gasteiger charge is -2.19. The van der Waals surface area contributed by atoms with Crippen molar-refractivity contribution in [2.75, 3.05) is 30.3 Å². The summed E-state index contributed by atoms with van der Waals surface area (Å²) in [4.78, 5) is 9.79. The molecule has 4 N–H and O–H groups in total. The molecular weight excluding hydrogens is 236 g/mol. The molecular formula is C11H18N4O3. The van der Waals surface area contributed by atoms with Crippen LogP contribution in [0.3, 0.4) is 0 Å². The maximum Gasteiger partial charge on any atom is 0.242 e. The third kappa shape index (κ3) is 2.46. The van der Waals surface area contributed by atoms with Gasteiger partial charge >= 0.3 is 0 Å². The molecule has 1 fully saturated rings. The number of nitrogens with zero attached hydrogens (tertiary/aromatic N) is 3. The van der Waals surface area contributed by atoms with Crippen LogP contribution in [0.1, 0.15) is 13.3 Å². The molecule has 0 bridgehead atoms. The first-order chi connectivity index (χ1) is 8.63. The Hall–Kier alpha value is -1.60. The van der Waals surface area contributed by atoms with Gasteiger partial charge in [0.2, 0.25) is 5.88 Å². The van der Waals surface area contributed by atoms with E-state index in [1.165, 1.54) is 6.33 Å². The van der Waals surface area contributed by atoms with E-state index in [0.29, 0.717) is 37.1 Å². The Morgan fingerprint density at radius 3 is 2.67 bits per heavy atom. The summed E-state index contributed by atoms with van der Waals surface area (Å²) in [6, 6.07) is 0. The molecule has 0 aliphatic carbocycles. The van der Waals surface area contributed by atoms with Crippen molar-refractivity contribution in [1.82, 2.24) is 9.97 Å². The molecule has 1 aliphatic heterocycles. The van der Waals surface area contributed by atoms with Gasteiger partial charge in [-0.3, -0.25) is 0 Å². The van der Waals surface area contributed by atoms with Crippen LogP contribution < -0.4 is 15.4 Å². The third-order valence-corrected chi connectivity index (χ3v) is 2.83. The highest BCUT2D eigenvalue weighted by Crippen LogP contribution is 2.30. The van der Waals surface area contributed by atoms with Gasteiger partial charge in [-0.25, -0.2) is 4.98 Å². The highest BCUT2D eigenvalue weighted by molar-refractivity contribution is 5.68. The van der Waals surface area contributed by atoms with Crippen molar-refractivity contribution in [3.05, 3.63) is 6.33 Å². The maximum atomic E-state index is 9.52. The maximum absolute atomic E-state index is 9.52. The van der Waals surface area contributed by atoms with E-state index in [2.05, 4.69) is 9.97 Å². The summed E-state index contributed by atoms with van der Waals surface area (Å²) in [5.74, 6) is 0.837. The summed E-state index contributed by atoms with van der Waals surface area (Å²) in [6.07, 6.45) is 0.673. The molecule has 7 heteroatoms. The molecule has 0 amide bonds. The minimum absolute atomic E-state index is 0.301. The quantitative estimate of drug-likeness (QED) is 0.658. The topological polar surface area (TPSA) is 105 Å². The number of aliphatic hydroxyl groups excluding tert-OH is 2. The first kappa shape index (κ1) is 12.8. The average Bonchev–Trinajstić information content (AvgIpc) is 2.68. The molecule has 1 aromatic heterocycles. The number of β-amino-alcohol motifs (C(OH)–C–C–N with tert-alkyl or cyclic N) is 2. The molecule has 1 saturated heterocycles. The summed E-state index contributed by atoms with van der Waals surface area (Å²) >= 11 is 0. The van der Waals surface area contributed by atoms with Crippen molar-refractivity contribution >= 4 is 11.5 Å². The standard InChI is InChI=1S/C11H18N4O3/c1-2-3-18-11-9(12)10(13-6-14-11)15-4-7(16)8(17)5-15/h6-8,16-17H,2-5,12H2,1H3. The van der Waals surface area contributed by atoms with Crippen LogP contribution in [0.15, 0.2) is 6.33 Å². The van der Waals surface area contributed by atoms with Gasteiger partial charge in [-0.05, 0) is 6.42 Å². The molecule has 2 unspecified atom stereocenters. The number of ether oxygens (including phenoxy) is 1. The second-order valence-electron chi connectivity index (χ2n) is 4.30. The molecule has 7 nitrogen and oxygen atoms in total. The zero-order chi connectivity index (χ0) is 13.1. The summed E-state index contributed by atoms with van der Waals surface area (Å²) < 4.78 is 5.41. The Balaban J connectivity index is 2.18. The second kappa shape index (κ2) is 5.36. The molecule has 2 atom stereocenters. The largest absolute Gasteiger partial charge is 0.476 e. The smallest absolute Gasteiger partial charge is 0.242 e. The zero-order valence-electron chi connectivity index (χ0n) is 10.3. The SMILES string of the molecule is CCCOc1ncnc(N2CC(O)C(O)C2)c1N. The van der Waals surface area contributed by atoms with Gasteiger partial charge in [-0.1, -0.05) is 6.92 Å². The van der Waals surface area contributed by atoms with Crippen LogP contribution in [-0.2, 0) is 0 Å². The third-order valence-electron chi connectivity index (χ3n) is 2.83.